The van der Waals surface area contributed by atoms with E-state index in [0.29, 0.717) is 36.9 Å². The standard InChI is InChI=1S/C26H40O6/c1-5-7-11-29-15(3)31-25(27)23-19-14-20(22-18-10-9-17(13-18)21(19)22)24(23)26(28)32-16(4)30-12-8-6-2/h9-10,15-24H,5-8,11-14H2,1-4H3. The van der Waals surface area contributed by atoms with Crippen molar-refractivity contribution in [1.82, 2.24) is 0 Å². The van der Waals surface area contributed by atoms with Crippen molar-refractivity contribution in [3.05, 3.63) is 12.2 Å². The van der Waals surface area contributed by atoms with Crippen LogP contribution in [-0.4, -0.2) is 37.7 Å². The summed E-state index contributed by atoms with van der Waals surface area (Å²) in [5.41, 5.74) is 0. The first kappa shape index (κ1) is 23.7. The number of carbonyl (C=O) groups is 2. The average molecular weight is 449 g/mol. The normalized spacial score (nSPS) is 38.0. The lowest BCUT2D eigenvalue weighted by Gasteiger charge is -2.40. The Morgan fingerprint density at radius 3 is 1.62 bits per heavy atom. The summed E-state index contributed by atoms with van der Waals surface area (Å²) in [5.74, 6) is 0.966. The smallest absolute Gasteiger partial charge is 0.312 e. The largest absolute Gasteiger partial charge is 0.436 e. The predicted molar refractivity (Wildman–Crippen MR) is 119 cm³/mol. The van der Waals surface area contributed by atoms with Crippen molar-refractivity contribution in [3.8, 4) is 0 Å². The number of ether oxygens (including phenoxy) is 4. The van der Waals surface area contributed by atoms with Gasteiger partial charge in [-0.15, -0.1) is 0 Å². The minimum atomic E-state index is -0.600. The first-order chi connectivity index (χ1) is 15.5. The van der Waals surface area contributed by atoms with Crippen LogP contribution >= 0.6 is 0 Å². The van der Waals surface area contributed by atoms with Crippen molar-refractivity contribution < 1.29 is 28.5 Å². The Kier molecular flexibility index (Phi) is 7.61. The van der Waals surface area contributed by atoms with Crippen LogP contribution in [0.15, 0.2) is 12.2 Å². The van der Waals surface area contributed by atoms with Gasteiger partial charge in [-0.3, -0.25) is 9.59 Å². The number of esters is 2. The van der Waals surface area contributed by atoms with Gasteiger partial charge in [0.15, 0.2) is 12.6 Å². The van der Waals surface area contributed by atoms with E-state index < -0.39 is 24.4 Å². The summed E-state index contributed by atoms with van der Waals surface area (Å²) >= 11 is 0. The summed E-state index contributed by atoms with van der Waals surface area (Å²) in [6.45, 7) is 8.86. The molecule has 0 aromatic heterocycles. The van der Waals surface area contributed by atoms with Crippen LogP contribution in [0.3, 0.4) is 0 Å². The zero-order chi connectivity index (χ0) is 22.8. The molecule has 10 unspecified atom stereocenters. The molecule has 0 heterocycles. The second kappa shape index (κ2) is 10.3. The van der Waals surface area contributed by atoms with Crippen molar-refractivity contribution in [1.29, 1.82) is 0 Å². The van der Waals surface area contributed by atoms with Crippen molar-refractivity contribution in [2.45, 2.75) is 78.8 Å². The van der Waals surface area contributed by atoms with Gasteiger partial charge in [-0.2, -0.15) is 0 Å². The molecule has 0 aromatic carbocycles. The molecule has 4 aliphatic rings. The second-order valence-corrected chi connectivity index (χ2v) is 10.2. The van der Waals surface area contributed by atoms with Gasteiger partial charge in [-0.05, 0) is 75.0 Å². The Balaban J connectivity index is 1.46. The maximum absolute atomic E-state index is 13.3. The molecule has 0 aliphatic heterocycles. The van der Waals surface area contributed by atoms with Crippen LogP contribution in [0.1, 0.15) is 66.2 Å². The third-order valence-corrected chi connectivity index (χ3v) is 8.24. The number of unbranched alkanes of at least 4 members (excludes halogenated alkanes) is 2. The van der Waals surface area contributed by atoms with Crippen LogP contribution in [0.2, 0.25) is 0 Å². The minimum absolute atomic E-state index is 0.189. The van der Waals surface area contributed by atoms with Gasteiger partial charge >= 0.3 is 11.9 Å². The van der Waals surface area contributed by atoms with Crippen LogP contribution in [0.5, 0.6) is 0 Å². The summed E-state index contributed by atoms with van der Waals surface area (Å²) in [7, 11) is 0. The fourth-order valence-corrected chi connectivity index (χ4v) is 7.02. The number of carbonyl (C=O) groups excluding carboxylic acids is 2. The van der Waals surface area contributed by atoms with Crippen molar-refractivity contribution >= 4 is 11.9 Å². The Labute approximate surface area is 192 Å². The topological polar surface area (TPSA) is 71.1 Å². The first-order valence-corrected chi connectivity index (χ1v) is 12.8. The third-order valence-electron chi connectivity index (χ3n) is 8.24. The van der Waals surface area contributed by atoms with Gasteiger partial charge in [0.2, 0.25) is 0 Å². The predicted octanol–water partition coefficient (Wildman–Crippen LogP) is 4.72. The fourth-order valence-electron chi connectivity index (χ4n) is 7.02. The second-order valence-electron chi connectivity index (χ2n) is 10.2. The Hall–Kier alpha value is -1.40. The van der Waals surface area contributed by atoms with Crippen LogP contribution in [0.4, 0.5) is 0 Å². The van der Waals surface area contributed by atoms with Gasteiger partial charge in [0, 0.05) is 0 Å². The zero-order valence-electron chi connectivity index (χ0n) is 20.0. The molecule has 0 saturated heterocycles. The number of hydrogen-bond acceptors (Lipinski definition) is 6. The first-order valence-electron chi connectivity index (χ1n) is 12.8. The van der Waals surface area contributed by atoms with E-state index in [-0.39, 0.29) is 23.8 Å². The molecule has 4 rings (SSSR count). The summed E-state index contributed by atoms with van der Waals surface area (Å²) in [4.78, 5) is 26.7. The Morgan fingerprint density at radius 1 is 0.781 bits per heavy atom. The monoisotopic (exact) mass is 448 g/mol. The van der Waals surface area contributed by atoms with E-state index in [1.807, 2.05) is 0 Å². The van der Waals surface area contributed by atoms with Gasteiger partial charge < -0.3 is 18.9 Å². The number of fused-ring (bicyclic) bond motifs is 9. The van der Waals surface area contributed by atoms with Crippen LogP contribution in [-0.2, 0) is 28.5 Å². The quantitative estimate of drug-likeness (QED) is 0.141. The van der Waals surface area contributed by atoms with Gasteiger partial charge in [-0.25, -0.2) is 0 Å². The molecule has 6 nitrogen and oxygen atoms in total. The molecule has 3 fully saturated rings. The van der Waals surface area contributed by atoms with E-state index in [1.165, 1.54) is 6.42 Å². The molecule has 0 N–H and O–H groups in total. The molecule has 4 bridgehead atoms. The zero-order valence-corrected chi connectivity index (χ0v) is 20.0. The molecule has 32 heavy (non-hydrogen) atoms. The molecule has 0 radical (unpaired) electrons. The molecular weight excluding hydrogens is 408 g/mol. The summed E-state index contributed by atoms with van der Waals surface area (Å²) < 4.78 is 22.7. The lowest BCUT2D eigenvalue weighted by atomic mass is 9.65. The third kappa shape index (κ3) is 4.50. The molecule has 180 valence electrons. The maximum atomic E-state index is 13.3. The lowest BCUT2D eigenvalue weighted by molar-refractivity contribution is -0.196. The summed E-state index contributed by atoms with van der Waals surface area (Å²) in [6, 6.07) is 0. The average Bonchev–Trinajstić information content (AvgIpc) is 3.52. The molecule has 10 atom stereocenters. The van der Waals surface area contributed by atoms with Crippen LogP contribution in [0.25, 0.3) is 0 Å². The lowest BCUT2D eigenvalue weighted by Crippen LogP contribution is -2.46. The van der Waals surface area contributed by atoms with Gasteiger partial charge in [0.05, 0.1) is 25.0 Å². The Morgan fingerprint density at radius 2 is 1.22 bits per heavy atom. The molecule has 6 heteroatoms. The number of rotatable bonds is 12. The van der Waals surface area contributed by atoms with E-state index >= 15 is 0 Å². The van der Waals surface area contributed by atoms with E-state index in [4.69, 9.17) is 18.9 Å². The van der Waals surface area contributed by atoms with Gasteiger partial charge in [-0.1, -0.05) is 38.8 Å². The summed E-state index contributed by atoms with van der Waals surface area (Å²) in [6.07, 6.45) is 9.47. The van der Waals surface area contributed by atoms with Crippen LogP contribution in [0, 0.1) is 47.3 Å². The SMILES string of the molecule is CCCCOC(C)OC(=O)C1C2CC(C1C(=O)OC(C)OCCCC)C1C3C=CC(C3)C21. The van der Waals surface area contributed by atoms with Gasteiger partial charge in [0.25, 0.3) is 0 Å². The highest BCUT2D eigenvalue weighted by Gasteiger charge is 2.68. The van der Waals surface area contributed by atoms with Gasteiger partial charge in [0.1, 0.15) is 0 Å². The molecular formula is C26H40O6. The number of allylic oxidation sites excluding steroid dienone is 2. The van der Waals surface area contributed by atoms with Crippen molar-refractivity contribution in [3.63, 3.8) is 0 Å². The summed E-state index contributed by atoms with van der Waals surface area (Å²) in [5, 5.41) is 0. The minimum Gasteiger partial charge on any atom is -0.436 e. The molecule has 4 aliphatic carbocycles. The molecule has 3 saturated carbocycles. The maximum Gasteiger partial charge on any atom is 0.312 e. The highest BCUT2D eigenvalue weighted by molar-refractivity contribution is 5.84. The fraction of sp³-hybridized carbons (Fsp3) is 0.846. The van der Waals surface area contributed by atoms with E-state index in [2.05, 4.69) is 26.0 Å². The molecule has 0 aromatic rings. The van der Waals surface area contributed by atoms with E-state index in [1.54, 1.807) is 13.8 Å². The molecule has 0 spiro atoms. The highest BCUT2D eigenvalue weighted by atomic mass is 16.7. The Bertz CT molecular complexity index is 648. The molecule has 0 amide bonds. The van der Waals surface area contributed by atoms with Crippen molar-refractivity contribution in [2.24, 2.45) is 47.3 Å². The van der Waals surface area contributed by atoms with E-state index in [0.717, 1.165) is 32.1 Å². The number of hydrogen-bond donors (Lipinski definition) is 0. The van der Waals surface area contributed by atoms with E-state index in [9.17, 15) is 9.59 Å². The van der Waals surface area contributed by atoms with Crippen molar-refractivity contribution in [2.75, 3.05) is 13.2 Å². The van der Waals surface area contributed by atoms with Crippen LogP contribution < -0.4 is 0 Å². The highest BCUT2D eigenvalue weighted by Crippen LogP contribution is 2.69.